The number of carbonyl (C=O) groups is 1. The van der Waals surface area contributed by atoms with Crippen LogP contribution in [0, 0.1) is 5.82 Å². The number of pyridine rings is 1. The molecule has 1 amide bonds. The van der Waals surface area contributed by atoms with Crippen molar-refractivity contribution in [3.8, 4) is 5.69 Å². The van der Waals surface area contributed by atoms with E-state index in [0.29, 0.717) is 10.2 Å². The van der Waals surface area contributed by atoms with Crippen molar-refractivity contribution in [3.63, 3.8) is 0 Å². The molecule has 2 heterocycles. The van der Waals surface area contributed by atoms with Crippen LogP contribution in [-0.4, -0.2) is 32.8 Å². The molecule has 1 aromatic carbocycles. The number of amides is 1. The van der Waals surface area contributed by atoms with Crippen LogP contribution in [0.25, 0.3) is 16.6 Å². The van der Waals surface area contributed by atoms with Gasteiger partial charge in [0.25, 0.3) is 5.56 Å². The van der Waals surface area contributed by atoms with Gasteiger partial charge in [-0.05, 0) is 67.9 Å². The molecule has 9 heteroatoms. The van der Waals surface area contributed by atoms with Crippen LogP contribution >= 0.6 is 15.9 Å². The molecule has 0 unspecified atom stereocenters. The van der Waals surface area contributed by atoms with Gasteiger partial charge in [-0.3, -0.25) is 9.78 Å². The maximum atomic E-state index is 14.5. The van der Waals surface area contributed by atoms with E-state index in [0.717, 1.165) is 0 Å². The smallest absolute Gasteiger partial charge is 0.417 e. The fourth-order valence-corrected chi connectivity index (χ4v) is 3.27. The summed E-state index contributed by atoms with van der Waals surface area (Å²) in [4.78, 5) is 35.8. The molecule has 3 rings (SSSR count). The third-order valence-corrected chi connectivity index (χ3v) is 4.64. The lowest BCUT2D eigenvalue weighted by atomic mass is 10.2. The van der Waals surface area contributed by atoms with Crippen molar-refractivity contribution in [2.75, 3.05) is 11.4 Å². The molecule has 0 aliphatic rings. The number of aromatic nitrogens is 3. The van der Waals surface area contributed by atoms with Gasteiger partial charge in [0.05, 0.1) is 17.3 Å². The molecule has 0 fully saturated rings. The highest BCUT2D eigenvalue weighted by Crippen LogP contribution is 2.26. The Balaban J connectivity index is 2.36. The summed E-state index contributed by atoms with van der Waals surface area (Å²) in [5, 5.41) is 0.0674. The van der Waals surface area contributed by atoms with Gasteiger partial charge in [0, 0.05) is 17.2 Å². The lowest BCUT2D eigenvalue weighted by Crippen LogP contribution is -2.40. The second-order valence-corrected chi connectivity index (χ2v) is 8.10. The van der Waals surface area contributed by atoms with E-state index >= 15 is 0 Å². The molecular formula is C20H20BrFN4O3. The third-order valence-electron chi connectivity index (χ3n) is 3.98. The molecule has 7 nitrogen and oxygen atoms in total. The van der Waals surface area contributed by atoms with Gasteiger partial charge in [-0.2, -0.15) is 0 Å². The maximum absolute atomic E-state index is 14.5. The number of carbonyl (C=O) groups excluding carboxylic acids is 1. The van der Waals surface area contributed by atoms with Gasteiger partial charge in [0.1, 0.15) is 16.9 Å². The Morgan fingerprint density at radius 2 is 2.03 bits per heavy atom. The highest BCUT2D eigenvalue weighted by Gasteiger charge is 2.28. The van der Waals surface area contributed by atoms with E-state index in [1.165, 1.54) is 27.8 Å². The Bertz CT molecular complexity index is 1130. The predicted octanol–water partition coefficient (Wildman–Crippen LogP) is 4.44. The minimum atomic E-state index is -0.755. The molecule has 0 aliphatic carbocycles. The zero-order chi connectivity index (χ0) is 21.3. The number of rotatable bonds is 3. The fourth-order valence-electron chi connectivity index (χ4n) is 2.78. The summed E-state index contributed by atoms with van der Waals surface area (Å²) in [5.41, 5.74) is -1.04. The number of hydrogen-bond acceptors (Lipinski definition) is 5. The standard InChI is InChI=1S/C20H20BrFN4O3/c1-5-25(19(28)29-20(2,3)4)18-24-16-14(22)9-8-13(21)15(16)17(27)26(18)12-7-6-10-23-11-12/h6-11H,5H2,1-4H3. The van der Waals surface area contributed by atoms with E-state index in [1.807, 2.05) is 0 Å². The zero-order valence-electron chi connectivity index (χ0n) is 16.4. The summed E-state index contributed by atoms with van der Waals surface area (Å²) in [5.74, 6) is -0.718. The van der Waals surface area contributed by atoms with Crippen LogP contribution in [0.15, 0.2) is 45.9 Å². The molecule has 29 heavy (non-hydrogen) atoms. The normalized spacial score (nSPS) is 11.5. The first kappa shape index (κ1) is 20.9. The largest absolute Gasteiger partial charge is 0.443 e. The Hall–Kier alpha value is -2.81. The molecule has 2 aromatic heterocycles. The van der Waals surface area contributed by atoms with E-state index in [9.17, 15) is 14.0 Å². The van der Waals surface area contributed by atoms with Crippen LogP contribution in [-0.2, 0) is 4.74 Å². The first-order valence-corrected chi connectivity index (χ1v) is 9.75. The molecule has 0 bridgehead atoms. The fraction of sp³-hybridized carbons (Fsp3) is 0.300. The van der Waals surface area contributed by atoms with Crippen LogP contribution in [0.4, 0.5) is 15.1 Å². The van der Waals surface area contributed by atoms with Crippen molar-refractivity contribution >= 4 is 38.9 Å². The van der Waals surface area contributed by atoms with Crippen molar-refractivity contribution in [1.82, 2.24) is 14.5 Å². The van der Waals surface area contributed by atoms with E-state index in [-0.39, 0.29) is 23.4 Å². The van der Waals surface area contributed by atoms with Crippen LogP contribution in [0.1, 0.15) is 27.7 Å². The first-order valence-electron chi connectivity index (χ1n) is 8.95. The highest BCUT2D eigenvalue weighted by molar-refractivity contribution is 9.10. The molecule has 0 N–H and O–H groups in total. The Labute approximate surface area is 175 Å². The minimum Gasteiger partial charge on any atom is -0.443 e. The van der Waals surface area contributed by atoms with Gasteiger partial charge in [-0.15, -0.1) is 0 Å². The molecule has 0 saturated carbocycles. The molecule has 152 valence electrons. The van der Waals surface area contributed by atoms with E-state index in [1.54, 1.807) is 46.0 Å². The Kier molecular flexibility index (Phi) is 5.70. The van der Waals surface area contributed by atoms with Crippen molar-refractivity contribution < 1.29 is 13.9 Å². The molecule has 0 aliphatic heterocycles. The molecule has 0 saturated heterocycles. The van der Waals surface area contributed by atoms with Crippen LogP contribution in [0.5, 0.6) is 0 Å². The first-order chi connectivity index (χ1) is 13.6. The Morgan fingerprint density at radius 3 is 2.62 bits per heavy atom. The topological polar surface area (TPSA) is 77.3 Å². The highest BCUT2D eigenvalue weighted by atomic mass is 79.9. The number of nitrogens with zero attached hydrogens (tertiary/aromatic N) is 4. The molecular weight excluding hydrogens is 443 g/mol. The average molecular weight is 463 g/mol. The van der Waals surface area contributed by atoms with Crippen molar-refractivity contribution in [2.45, 2.75) is 33.3 Å². The van der Waals surface area contributed by atoms with Gasteiger partial charge >= 0.3 is 6.09 Å². The van der Waals surface area contributed by atoms with Crippen LogP contribution < -0.4 is 10.5 Å². The van der Waals surface area contributed by atoms with Gasteiger partial charge in [0.15, 0.2) is 0 Å². The summed E-state index contributed by atoms with van der Waals surface area (Å²) in [6.07, 6.45) is 2.33. The van der Waals surface area contributed by atoms with Gasteiger partial charge < -0.3 is 4.74 Å². The van der Waals surface area contributed by atoms with Crippen LogP contribution in [0.3, 0.4) is 0 Å². The van der Waals surface area contributed by atoms with E-state index < -0.39 is 23.1 Å². The molecule has 0 radical (unpaired) electrons. The monoisotopic (exact) mass is 462 g/mol. The number of hydrogen-bond donors (Lipinski definition) is 0. The average Bonchev–Trinajstić information content (AvgIpc) is 2.64. The number of fused-ring (bicyclic) bond motifs is 1. The molecule has 3 aromatic rings. The molecule has 0 spiro atoms. The van der Waals surface area contributed by atoms with Crippen LogP contribution in [0.2, 0.25) is 0 Å². The predicted molar refractivity (Wildman–Crippen MR) is 112 cm³/mol. The van der Waals surface area contributed by atoms with E-state index in [2.05, 4.69) is 25.9 Å². The minimum absolute atomic E-state index is 0.0516. The van der Waals surface area contributed by atoms with Gasteiger partial charge in [-0.25, -0.2) is 23.6 Å². The third kappa shape index (κ3) is 4.14. The quantitative estimate of drug-likeness (QED) is 0.574. The SMILES string of the molecule is CCN(C(=O)OC(C)(C)C)c1nc2c(F)ccc(Br)c2c(=O)n1-c1cccnc1. The zero-order valence-corrected chi connectivity index (χ0v) is 18.0. The lowest BCUT2D eigenvalue weighted by Gasteiger charge is -2.27. The summed E-state index contributed by atoms with van der Waals surface area (Å²) in [7, 11) is 0. The number of anilines is 1. The molecule has 0 atom stereocenters. The second-order valence-electron chi connectivity index (χ2n) is 7.24. The number of benzene rings is 1. The summed E-state index contributed by atoms with van der Waals surface area (Å²) in [6, 6.07) is 5.96. The van der Waals surface area contributed by atoms with Crippen molar-refractivity contribution in [2.24, 2.45) is 0 Å². The number of halogens is 2. The van der Waals surface area contributed by atoms with Gasteiger partial charge in [0.2, 0.25) is 5.95 Å². The maximum Gasteiger partial charge on any atom is 0.417 e. The second kappa shape index (κ2) is 7.90. The lowest BCUT2D eigenvalue weighted by molar-refractivity contribution is 0.0579. The van der Waals surface area contributed by atoms with E-state index in [4.69, 9.17) is 4.74 Å². The van der Waals surface area contributed by atoms with Gasteiger partial charge in [-0.1, -0.05) is 0 Å². The summed E-state index contributed by atoms with van der Waals surface area (Å²) < 4.78 is 21.6. The van der Waals surface area contributed by atoms with Crippen molar-refractivity contribution in [1.29, 1.82) is 0 Å². The summed E-state index contributed by atoms with van der Waals surface area (Å²) in [6.45, 7) is 7.07. The van der Waals surface area contributed by atoms with Crippen molar-refractivity contribution in [3.05, 3.63) is 57.3 Å². The summed E-state index contributed by atoms with van der Waals surface area (Å²) >= 11 is 3.30. The Morgan fingerprint density at radius 1 is 1.31 bits per heavy atom. The number of ether oxygens (including phenoxy) is 1.